The standard InChI is InChI=1S/C28H37N7O3S/c1-17-14-29-22(18(2)25(17)37-6)15-35-31-21-13-19(9-12-34-10-7-8-11-34)20-16-39-33-26(24(32-35)23(20)21)30-27(36)38-28(3,4)5/h13-14H,7-12,15-16H2,1-6H3,(H,30,33,36). The lowest BCUT2D eigenvalue weighted by Crippen LogP contribution is -2.37. The number of aromatic nitrogens is 4. The van der Waals surface area contributed by atoms with Gasteiger partial charge in [0.05, 0.1) is 18.5 Å². The van der Waals surface area contributed by atoms with E-state index in [1.807, 2.05) is 34.6 Å². The molecule has 1 fully saturated rings. The number of alkyl carbamates (subject to hydrolysis) is 1. The van der Waals surface area contributed by atoms with Crippen LogP contribution in [0.15, 0.2) is 16.7 Å². The summed E-state index contributed by atoms with van der Waals surface area (Å²) in [6.45, 7) is 13.2. The van der Waals surface area contributed by atoms with E-state index in [-0.39, 0.29) is 0 Å². The number of aryl methyl sites for hydroxylation is 1. The number of hydrogen-bond donors (Lipinski definition) is 1. The number of carbonyl (C=O) groups is 1. The van der Waals surface area contributed by atoms with Crippen molar-refractivity contribution in [1.82, 2.24) is 30.2 Å². The number of amidine groups is 1. The summed E-state index contributed by atoms with van der Waals surface area (Å²) in [5, 5.41) is 12.6. The van der Waals surface area contributed by atoms with Crippen LogP contribution in [0, 0.1) is 13.8 Å². The molecule has 0 unspecified atom stereocenters. The Morgan fingerprint density at radius 2 is 1.95 bits per heavy atom. The average Bonchev–Trinajstić information content (AvgIpc) is 3.46. The Kier molecular flexibility index (Phi) is 7.82. The van der Waals surface area contributed by atoms with Crippen molar-refractivity contribution in [2.75, 3.05) is 26.7 Å². The molecule has 4 aliphatic rings. The minimum absolute atomic E-state index is 0.349. The van der Waals surface area contributed by atoms with E-state index < -0.39 is 11.7 Å². The number of likely N-dealkylation sites (tertiary alicyclic amines) is 1. The predicted octanol–water partition coefficient (Wildman–Crippen LogP) is 4.52. The summed E-state index contributed by atoms with van der Waals surface area (Å²) in [6, 6.07) is 2.18. The van der Waals surface area contributed by atoms with E-state index in [0.29, 0.717) is 23.8 Å². The van der Waals surface area contributed by atoms with Crippen molar-refractivity contribution in [1.29, 1.82) is 0 Å². The number of nitrogens with one attached hydrogen (secondary N) is 1. The van der Waals surface area contributed by atoms with Crippen molar-refractivity contribution >= 4 is 23.9 Å². The molecule has 39 heavy (non-hydrogen) atoms. The maximum atomic E-state index is 12.7. The van der Waals surface area contributed by atoms with E-state index in [2.05, 4.69) is 25.7 Å². The van der Waals surface area contributed by atoms with Gasteiger partial charge >= 0.3 is 6.09 Å². The lowest BCUT2D eigenvalue weighted by atomic mass is 10.1. The van der Waals surface area contributed by atoms with E-state index in [1.165, 1.54) is 35.9 Å². The molecule has 0 bridgehead atoms. The van der Waals surface area contributed by atoms with Gasteiger partial charge in [0.15, 0.2) is 5.84 Å². The fourth-order valence-electron chi connectivity index (χ4n) is 5.26. The quantitative estimate of drug-likeness (QED) is 0.446. The summed E-state index contributed by atoms with van der Waals surface area (Å²) in [5.74, 6) is 1.87. The number of pyridine rings is 1. The Balaban J connectivity index is 1.54. The normalized spacial score (nSPS) is 15.8. The van der Waals surface area contributed by atoms with Gasteiger partial charge in [0.25, 0.3) is 0 Å². The van der Waals surface area contributed by atoms with Gasteiger partial charge < -0.3 is 14.4 Å². The molecule has 0 spiro atoms. The van der Waals surface area contributed by atoms with E-state index in [0.717, 1.165) is 59.9 Å². The van der Waals surface area contributed by atoms with Gasteiger partial charge in [-0.05, 0) is 96.1 Å². The van der Waals surface area contributed by atoms with Gasteiger partial charge in [-0.1, -0.05) is 0 Å². The first-order chi connectivity index (χ1) is 18.6. The number of methoxy groups -OCH3 is 1. The monoisotopic (exact) mass is 551 g/mol. The third-order valence-corrected chi connectivity index (χ3v) is 7.81. The molecular weight excluding hydrogens is 514 g/mol. The zero-order valence-electron chi connectivity index (χ0n) is 23.6. The molecule has 0 saturated carbocycles. The van der Waals surface area contributed by atoms with Gasteiger partial charge in [-0.3, -0.25) is 10.3 Å². The lowest BCUT2D eigenvalue weighted by molar-refractivity contribution is 0.0563. The van der Waals surface area contributed by atoms with Crippen molar-refractivity contribution in [3.8, 4) is 17.0 Å². The summed E-state index contributed by atoms with van der Waals surface area (Å²) < 4.78 is 15.8. The van der Waals surface area contributed by atoms with Crippen LogP contribution in [0.25, 0.3) is 11.3 Å². The third-order valence-electron chi connectivity index (χ3n) is 7.08. The highest BCUT2D eigenvalue weighted by atomic mass is 32.2. The maximum absolute atomic E-state index is 12.7. The van der Waals surface area contributed by atoms with Crippen molar-refractivity contribution in [3.05, 3.63) is 45.9 Å². The molecule has 1 aromatic heterocycles. The smallest absolute Gasteiger partial charge is 0.413 e. The van der Waals surface area contributed by atoms with Gasteiger partial charge in [-0.25, -0.2) is 4.79 Å². The first-order valence-electron chi connectivity index (χ1n) is 13.4. The minimum Gasteiger partial charge on any atom is -0.496 e. The molecule has 5 rings (SSSR count). The lowest BCUT2D eigenvalue weighted by Gasteiger charge is -2.20. The first-order valence-corrected chi connectivity index (χ1v) is 14.4. The van der Waals surface area contributed by atoms with Gasteiger partial charge in [0.2, 0.25) is 0 Å². The van der Waals surface area contributed by atoms with Crippen LogP contribution in [0.3, 0.4) is 0 Å². The molecule has 10 nitrogen and oxygen atoms in total. The van der Waals surface area contributed by atoms with Crippen LogP contribution in [0.4, 0.5) is 4.79 Å². The molecule has 208 valence electrons. The maximum Gasteiger partial charge on any atom is 0.413 e. The van der Waals surface area contributed by atoms with E-state index >= 15 is 0 Å². The van der Waals surface area contributed by atoms with Crippen molar-refractivity contribution in [2.45, 2.75) is 71.8 Å². The van der Waals surface area contributed by atoms with Gasteiger partial charge in [0.1, 0.15) is 23.6 Å². The second-order valence-electron chi connectivity index (χ2n) is 11.2. The Labute approximate surface area is 234 Å². The molecule has 0 aromatic carbocycles. The largest absolute Gasteiger partial charge is 0.496 e. The number of amides is 1. The van der Waals surface area contributed by atoms with E-state index in [4.69, 9.17) is 19.7 Å². The topological polar surface area (TPSA) is 107 Å². The van der Waals surface area contributed by atoms with Gasteiger partial charge in [-0.2, -0.15) is 19.4 Å². The summed E-state index contributed by atoms with van der Waals surface area (Å²) in [6.07, 6.45) is 4.72. The molecule has 1 aromatic rings. The van der Waals surface area contributed by atoms with Crippen LogP contribution in [0.1, 0.15) is 67.3 Å². The fourth-order valence-corrected chi connectivity index (χ4v) is 6.04. The van der Waals surface area contributed by atoms with Crippen molar-refractivity contribution < 1.29 is 14.3 Å². The minimum atomic E-state index is -0.634. The Hall–Kier alpha value is -3.18. The fraction of sp³-hybridized carbons (Fsp3) is 0.536. The number of carbonyl (C=O) groups excluding carboxylic acids is 1. The predicted molar refractivity (Wildman–Crippen MR) is 153 cm³/mol. The Bertz CT molecular complexity index is 1370. The number of rotatable bonds is 6. The molecule has 1 saturated heterocycles. The first kappa shape index (κ1) is 27.4. The van der Waals surface area contributed by atoms with E-state index in [9.17, 15) is 4.79 Å². The molecule has 1 amide bonds. The van der Waals surface area contributed by atoms with Crippen LogP contribution in [-0.2, 0) is 23.5 Å². The highest BCUT2D eigenvalue weighted by molar-refractivity contribution is 7.97. The Morgan fingerprint density at radius 3 is 2.67 bits per heavy atom. The summed E-state index contributed by atoms with van der Waals surface area (Å²) in [5.41, 5.74) is 6.92. The number of hydrogen-bond acceptors (Lipinski definition) is 9. The molecule has 0 radical (unpaired) electrons. The average molecular weight is 552 g/mol. The van der Waals surface area contributed by atoms with Crippen LogP contribution < -0.4 is 10.1 Å². The summed E-state index contributed by atoms with van der Waals surface area (Å²) >= 11 is 1.41. The number of ether oxygens (including phenoxy) is 2. The summed E-state index contributed by atoms with van der Waals surface area (Å²) in [7, 11) is 1.67. The van der Waals surface area contributed by atoms with Gasteiger partial charge in [0, 0.05) is 35.2 Å². The second kappa shape index (κ2) is 11.1. The molecule has 11 heteroatoms. The van der Waals surface area contributed by atoms with Crippen LogP contribution in [-0.4, -0.2) is 69.2 Å². The second-order valence-corrected chi connectivity index (χ2v) is 11.9. The molecule has 1 N–H and O–H groups in total. The zero-order chi connectivity index (χ0) is 27.7. The number of nitrogens with zero attached hydrogens (tertiary/aromatic N) is 6. The van der Waals surface area contributed by atoms with Crippen LogP contribution in [0.2, 0.25) is 0 Å². The van der Waals surface area contributed by atoms with Crippen molar-refractivity contribution in [2.24, 2.45) is 4.40 Å². The molecular formula is C28H37N7O3S. The molecule has 4 heterocycles. The summed E-state index contributed by atoms with van der Waals surface area (Å²) in [4.78, 5) is 21.5. The van der Waals surface area contributed by atoms with Gasteiger partial charge in [-0.15, -0.1) is 0 Å². The highest BCUT2D eigenvalue weighted by Gasteiger charge is 2.30. The van der Waals surface area contributed by atoms with Crippen molar-refractivity contribution in [3.63, 3.8) is 0 Å². The third kappa shape index (κ3) is 6.04. The highest BCUT2D eigenvalue weighted by Crippen LogP contribution is 2.38. The molecule has 3 aliphatic heterocycles. The van der Waals surface area contributed by atoms with Crippen LogP contribution >= 0.6 is 11.9 Å². The molecule has 1 aliphatic carbocycles. The SMILES string of the molecule is COc1c(C)cnc(Cn2nc3cc(CCN4CCCC4)c4c-3c(n2)C(NC(=O)OC(C)(C)C)=NSC4)c1C. The van der Waals surface area contributed by atoms with E-state index in [1.54, 1.807) is 18.1 Å². The molecule has 0 atom stereocenters. The Morgan fingerprint density at radius 1 is 1.18 bits per heavy atom. The van der Waals surface area contributed by atoms with Crippen LogP contribution in [0.5, 0.6) is 5.75 Å². The zero-order valence-corrected chi connectivity index (χ0v) is 24.4.